The summed E-state index contributed by atoms with van der Waals surface area (Å²) in [6.45, 7) is 0. The van der Waals surface area contributed by atoms with E-state index in [9.17, 15) is 9.59 Å². The molecule has 1 N–H and O–H groups in total. The van der Waals surface area contributed by atoms with Gasteiger partial charge in [-0.15, -0.1) is 11.3 Å². The van der Waals surface area contributed by atoms with E-state index in [1.807, 2.05) is 24.3 Å². The van der Waals surface area contributed by atoms with Crippen molar-refractivity contribution in [2.24, 2.45) is 0 Å². The van der Waals surface area contributed by atoms with Gasteiger partial charge in [-0.2, -0.15) is 0 Å². The average Bonchev–Trinajstić information content (AvgIpc) is 2.95. The second-order valence-electron chi connectivity index (χ2n) is 4.22. The van der Waals surface area contributed by atoms with Crippen LogP contribution >= 0.6 is 34.7 Å². The molecule has 0 saturated carbocycles. The first-order chi connectivity index (χ1) is 9.16. The summed E-state index contributed by atoms with van der Waals surface area (Å²) >= 11 is 8.86. The van der Waals surface area contributed by atoms with Crippen LogP contribution in [0, 0.1) is 0 Å². The van der Waals surface area contributed by atoms with Gasteiger partial charge in [0.25, 0.3) is 5.91 Å². The fourth-order valence-electron chi connectivity index (χ4n) is 2.01. The number of carbonyl (C=O) groups is 2. The average molecular weight is 312 g/mol. The second kappa shape index (κ2) is 5.15. The summed E-state index contributed by atoms with van der Waals surface area (Å²) in [5.74, 6) is 0.510. The van der Waals surface area contributed by atoms with Crippen molar-refractivity contribution in [2.45, 2.75) is 12.5 Å². The number of amides is 1. The third-order valence-electron chi connectivity index (χ3n) is 2.98. The van der Waals surface area contributed by atoms with Crippen LogP contribution in [0.25, 0.3) is 10.1 Å². The standard InChI is InChI=1S/C13H10ClNO2S2/c14-10-7-3-1-2-4-9(7)19-11(10)12(16)15-8-5-6-18-13(8)17/h1-4,8H,5-6H2,(H,15,16)/t8-/m0/s1. The number of carbonyl (C=O) groups excluding carboxylic acids is 2. The van der Waals surface area contributed by atoms with Crippen LogP contribution in [0.5, 0.6) is 0 Å². The van der Waals surface area contributed by atoms with Crippen LogP contribution in [-0.2, 0) is 4.79 Å². The highest BCUT2D eigenvalue weighted by molar-refractivity contribution is 8.14. The third-order valence-corrected chi connectivity index (χ3v) is 5.66. The third kappa shape index (κ3) is 2.38. The summed E-state index contributed by atoms with van der Waals surface area (Å²) in [7, 11) is 0. The number of thioether (sulfide) groups is 1. The molecule has 1 aromatic heterocycles. The Morgan fingerprint density at radius 1 is 1.37 bits per heavy atom. The van der Waals surface area contributed by atoms with Crippen LogP contribution in [0.3, 0.4) is 0 Å². The van der Waals surface area contributed by atoms with Crippen LogP contribution in [-0.4, -0.2) is 22.8 Å². The molecule has 1 amide bonds. The zero-order chi connectivity index (χ0) is 13.4. The number of benzene rings is 1. The Morgan fingerprint density at radius 2 is 2.16 bits per heavy atom. The summed E-state index contributed by atoms with van der Waals surface area (Å²) in [5, 5.41) is 4.15. The molecule has 0 radical (unpaired) electrons. The van der Waals surface area contributed by atoms with Crippen LogP contribution < -0.4 is 5.32 Å². The normalized spacial score (nSPS) is 19.0. The van der Waals surface area contributed by atoms with Crippen molar-refractivity contribution >= 4 is 55.8 Å². The van der Waals surface area contributed by atoms with Gasteiger partial charge in [0.05, 0.1) is 11.1 Å². The molecule has 1 aliphatic rings. The Balaban J connectivity index is 1.89. The summed E-state index contributed by atoms with van der Waals surface area (Å²) < 4.78 is 0.977. The van der Waals surface area contributed by atoms with Crippen LogP contribution in [0.1, 0.15) is 16.1 Å². The number of hydrogen-bond donors (Lipinski definition) is 1. The highest BCUT2D eigenvalue weighted by Crippen LogP contribution is 2.35. The van der Waals surface area contributed by atoms with E-state index in [2.05, 4.69) is 5.32 Å². The SMILES string of the molecule is O=C(N[C@H]1CCSC1=O)c1sc2ccccc2c1Cl. The van der Waals surface area contributed by atoms with Gasteiger partial charge in [-0.3, -0.25) is 9.59 Å². The lowest BCUT2D eigenvalue weighted by molar-refractivity contribution is -0.112. The van der Waals surface area contributed by atoms with Crippen molar-refractivity contribution in [2.75, 3.05) is 5.75 Å². The Bertz CT molecular complexity index is 668. The van der Waals surface area contributed by atoms with E-state index in [1.165, 1.54) is 23.1 Å². The van der Waals surface area contributed by atoms with Gasteiger partial charge in [0, 0.05) is 15.8 Å². The molecule has 19 heavy (non-hydrogen) atoms. The molecule has 1 atom stereocenters. The molecule has 0 aliphatic carbocycles. The molecule has 0 spiro atoms. The lowest BCUT2D eigenvalue weighted by Crippen LogP contribution is -2.36. The fourth-order valence-corrected chi connectivity index (χ4v) is 4.36. The highest BCUT2D eigenvalue weighted by atomic mass is 35.5. The van der Waals surface area contributed by atoms with Crippen molar-refractivity contribution in [3.8, 4) is 0 Å². The number of thiophene rings is 1. The largest absolute Gasteiger partial charge is 0.341 e. The number of hydrogen-bond acceptors (Lipinski definition) is 4. The molecule has 6 heteroatoms. The molecule has 1 aromatic carbocycles. The van der Waals surface area contributed by atoms with Gasteiger partial charge in [-0.1, -0.05) is 41.6 Å². The minimum atomic E-state index is -0.376. The summed E-state index contributed by atoms with van der Waals surface area (Å²) in [6.07, 6.45) is 0.692. The van der Waals surface area contributed by atoms with Crippen molar-refractivity contribution in [1.82, 2.24) is 5.32 Å². The quantitative estimate of drug-likeness (QED) is 0.925. The summed E-state index contributed by atoms with van der Waals surface area (Å²) in [5.41, 5.74) is 0. The number of halogens is 1. The van der Waals surface area contributed by atoms with Gasteiger partial charge in [-0.05, 0) is 12.5 Å². The van der Waals surface area contributed by atoms with Gasteiger partial charge >= 0.3 is 0 Å². The Hall–Kier alpha value is -1.04. The van der Waals surface area contributed by atoms with Gasteiger partial charge in [0.15, 0.2) is 0 Å². The molecule has 3 rings (SSSR count). The molecule has 3 nitrogen and oxygen atoms in total. The zero-order valence-electron chi connectivity index (χ0n) is 9.81. The van der Waals surface area contributed by atoms with E-state index in [0.717, 1.165) is 15.8 Å². The van der Waals surface area contributed by atoms with Crippen molar-refractivity contribution < 1.29 is 9.59 Å². The molecular formula is C13H10ClNO2S2. The molecular weight excluding hydrogens is 302 g/mol. The maximum atomic E-state index is 12.2. The van der Waals surface area contributed by atoms with Gasteiger partial charge < -0.3 is 5.32 Å². The van der Waals surface area contributed by atoms with Crippen LogP contribution in [0.2, 0.25) is 5.02 Å². The molecule has 98 valence electrons. The molecule has 2 heterocycles. The fraction of sp³-hybridized carbons (Fsp3) is 0.231. The Labute approximate surface area is 123 Å². The van der Waals surface area contributed by atoms with Gasteiger partial charge in [0.1, 0.15) is 4.88 Å². The minimum Gasteiger partial charge on any atom is -0.341 e. The van der Waals surface area contributed by atoms with Crippen molar-refractivity contribution in [1.29, 1.82) is 0 Å². The predicted octanol–water partition coefficient (Wildman–Crippen LogP) is 3.32. The van der Waals surface area contributed by atoms with Gasteiger partial charge in [0.2, 0.25) is 5.12 Å². The zero-order valence-corrected chi connectivity index (χ0v) is 12.2. The number of nitrogens with one attached hydrogen (secondary N) is 1. The smallest absolute Gasteiger partial charge is 0.263 e. The minimum absolute atomic E-state index is 0.0329. The molecule has 0 bridgehead atoms. The molecule has 0 unspecified atom stereocenters. The first kappa shape index (κ1) is 13.0. The topological polar surface area (TPSA) is 46.2 Å². The monoisotopic (exact) mass is 311 g/mol. The van der Waals surface area contributed by atoms with E-state index in [1.54, 1.807) is 0 Å². The van der Waals surface area contributed by atoms with Gasteiger partial charge in [-0.25, -0.2) is 0 Å². The number of fused-ring (bicyclic) bond motifs is 1. The van der Waals surface area contributed by atoms with Crippen LogP contribution in [0.15, 0.2) is 24.3 Å². The summed E-state index contributed by atoms with van der Waals surface area (Å²) in [6, 6.07) is 7.24. The highest BCUT2D eigenvalue weighted by Gasteiger charge is 2.28. The molecule has 1 fully saturated rings. The Morgan fingerprint density at radius 3 is 2.84 bits per heavy atom. The lowest BCUT2D eigenvalue weighted by atomic mass is 10.2. The van der Waals surface area contributed by atoms with E-state index >= 15 is 0 Å². The maximum Gasteiger partial charge on any atom is 0.263 e. The Kier molecular flexibility index (Phi) is 3.52. The van der Waals surface area contributed by atoms with E-state index in [4.69, 9.17) is 11.6 Å². The van der Waals surface area contributed by atoms with E-state index in [0.29, 0.717) is 16.3 Å². The first-order valence-electron chi connectivity index (χ1n) is 5.81. The van der Waals surface area contributed by atoms with E-state index < -0.39 is 0 Å². The number of rotatable bonds is 2. The van der Waals surface area contributed by atoms with Crippen molar-refractivity contribution in [3.05, 3.63) is 34.2 Å². The molecule has 1 aliphatic heterocycles. The molecule has 2 aromatic rings. The molecule has 1 saturated heterocycles. The second-order valence-corrected chi connectivity index (χ2v) is 6.75. The lowest BCUT2D eigenvalue weighted by Gasteiger charge is -2.08. The predicted molar refractivity (Wildman–Crippen MR) is 80.2 cm³/mol. The van der Waals surface area contributed by atoms with E-state index in [-0.39, 0.29) is 17.1 Å². The first-order valence-corrected chi connectivity index (χ1v) is 7.99. The summed E-state index contributed by atoms with van der Waals surface area (Å²) in [4.78, 5) is 24.2. The van der Waals surface area contributed by atoms with Crippen molar-refractivity contribution in [3.63, 3.8) is 0 Å². The maximum absolute atomic E-state index is 12.2. The van der Waals surface area contributed by atoms with Crippen LogP contribution in [0.4, 0.5) is 0 Å².